The molecule has 0 saturated carbocycles. The Bertz CT molecular complexity index is 411. The smallest absolute Gasteiger partial charge is 0.371 e. The highest BCUT2D eigenvalue weighted by molar-refractivity contribution is 7.85. The Morgan fingerprint density at radius 3 is 2.67 bits per heavy atom. The summed E-state index contributed by atoms with van der Waals surface area (Å²) in [5.41, 5.74) is 0. The van der Waals surface area contributed by atoms with Crippen molar-refractivity contribution in [2.75, 3.05) is 12.8 Å². The molecule has 1 aromatic rings. The van der Waals surface area contributed by atoms with Crippen molar-refractivity contribution in [1.82, 2.24) is 5.32 Å². The molecular weight excluding hydrogens is 222 g/mol. The first kappa shape index (κ1) is 11.4. The van der Waals surface area contributed by atoms with E-state index in [1.54, 1.807) is 0 Å². The normalized spacial score (nSPS) is 12.1. The van der Waals surface area contributed by atoms with Crippen LogP contribution in [0.5, 0.6) is 0 Å². The van der Waals surface area contributed by atoms with E-state index in [9.17, 15) is 13.8 Å². The number of nitrogens with one attached hydrogen (secondary N) is 1. The Kier molecular flexibility index (Phi) is 3.62. The van der Waals surface area contributed by atoms with Gasteiger partial charge in [0.05, 0.1) is 10.8 Å². The van der Waals surface area contributed by atoms with Crippen molar-refractivity contribution in [2.45, 2.75) is 5.09 Å². The van der Waals surface area contributed by atoms with E-state index < -0.39 is 22.7 Å². The van der Waals surface area contributed by atoms with E-state index in [4.69, 9.17) is 9.52 Å². The lowest BCUT2D eigenvalue weighted by Gasteiger charge is -1.96. The highest BCUT2D eigenvalue weighted by Gasteiger charge is 2.15. The van der Waals surface area contributed by atoms with Crippen LogP contribution in [0.4, 0.5) is 0 Å². The molecule has 0 aliphatic rings. The van der Waals surface area contributed by atoms with Gasteiger partial charge in [-0.15, -0.1) is 0 Å². The fraction of sp³-hybridized carbons (Fsp3) is 0.250. The van der Waals surface area contributed by atoms with Gasteiger partial charge in [0.15, 0.2) is 5.09 Å². The van der Waals surface area contributed by atoms with Gasteiger partial charge >= 0.3 is 5.97 Å². The number of hydrogen-bond acceptors (Lipinski definition) is 4. The van der Waals surface area contributed by atoms with Crippen molar-refractivity contribution in [3.63, 3.8) is 0 Å². The number of furan rings is 1. The molecule has 1 rings (SSSR count). The highest BCUT2D eigenvalue weighted by Crippen LogP contribution is 2.12. The van der Waals surface area contributed by atoms with Crippen molar-refractivity contribution >= 4 is 22.7 Å². The molecular formula is C8H9NO5S. The van der Waals surface area contributed by atoms with E-state index in [2.05, 4.69) is 5.32 Å². The molecule has 82 valence electrons. The molecule has 0 fully saturated rings. The third kappa shape index (κ3) is 2.91. The molecule has 0 aliphatic carbocycles. The van der Waals surface area contributed by atoms with Crippen LogP contribution in [-0.4, -0.2) is 34.0 Å². The molecule has 0 saturated heterocycles. The molecule has 6 nitrogen and oxygen atoms in total. The number of carbonyl (C=O) groups excluding carboxylic acids is 1. The van der Waals surface area contributed by atoms with Crippen LogP contribution in [0.15, 0.2) is 21.6 Å². The first-order chi connectivity index (χ1) is 7.04. The van der Waals surface area contributed by atoms with E-state index in [0.717, 1.165) is 0 Å². The standard InChI is InChI=1S/C8H9NO5S/c1-9-6(10)4-15(13)7-3-2-5(14-7)8(11)12/h2-3H,4H2,1H3,(H,9,10)(H,11,12). The van der Waals surface area contributed by atoms with E-state index >= 15 is 0 Å². The number of amides is 1. The van der Waals surface area contributed by atoms with Gasteiger partial charge in [-0.1, -0.05) is 0 Å². The van der Waals surface area contributed by atoms with Crippen LogP contribution >= 0.6 is 0 Å². The van der Waals surface area contributed by atoms with Crippen LogP contribution in [0, 0.1) is 0 Å². The largest absolute Gasteiger partial charge is 0.475 e. The van der Waals surface area contributed by atoms with E-state index in [1.807, 2.05) is 0 Å². The van der Waals surface area contributed by atoms with Crippen LogP contribution in [0.25, 0.3) is 0 Å². The van der Waals surface area contributed by atoms with Gasteiger partial charge in [-0.3, -0.25) is 9.00 Å². The predicted octanol–water partition coefficient (Wildman–Crippen LogP) is -0.169. The SMILES string of the molecule is CNC(=O)CS(=O)c1ccc(C(=O)O)o1. The number of rotatable bonds is 4. The van der Waals surface area contributed by atoms with Gasteiger partial charge in [0.1, 0.15) is 5.75 Å². The summed E-state index contributed by atoms with van der Waals surface area (Å²) >= 11 is 0. The number of aromatic carboxylic acids is 1. The maximum Gasteiger partial charge on any atom is 0.371 e. The van der Waals surface area contributed by atoms with Gasteiger partial charge in [-0.05, 0) is 12.1 Å². The summed E-state index contributed by atoms with van der Waals surface area (Å²) in [6.07, 6.45) is 0. The van der Waals surface area contributed by atoms with Crippen molar-refractivity contribution in [3.05, 3.63) is 17.9 Å². The van der Waals surface area contributed by atoms with Crippen molar-refractivity contribution in [1.29, 1.82) is 0 Å². The fourth-order valence-electron chi connectivity index (χ4n) is 0.820. The van der Waals surface area contributed by atoms with Gasteiger partial charge in [0, 0.05) is 7.05 Å². The van der Waals surface area contributed by atoms with Gasteiger partial charge in [-0.2, -0.15) is 0 Å². The lowest BCUT2D eigenvalue weighted by molar-refractivity contribution is -0.118. The Hall–Kier alpha value is -1.63. The summed E-state index contributed by atoms with van der Waals surface area (Å²) in [6, 6.07) is 2.47. The second kappa shape index (κ2) is 4.74. The van der Waals surface area contributed by atoms with Gasteiger partial charge in [0.2, 0.25) is 11.7 Å². The van der Waals surface area contributed by atoms with Crippen molar-refractivity contribution in [3.8, 4) is 0 Å². The van der Waals surface area contributed by atoms with Crippen molar-refractivity contribution < 1.29 is 23.3 Å². The second-order valence-corrected chi connectivity index (χ2v) is 3.97. The summed E-state index contributed by atoms with van der Waals surface area (Å²) in [7, 11) is -0.230. The number of carboxylic acid groups (broad SMARTS) is 1. The molecule has 7 heteroatoms. The first-order valence-electron chi connectivity index (χ1n) is 3.96. The van der Waals surface area contributed by atoms with Crippen LogP contribution in [0.3, 0.4) is 0 Å². The van der Waals surface area contributed by atoms with Crippen molar-refractivity contribution in [2.24, 2.45) is 0 Å². The molecule has 1 unspecified atom stereocenters. The topological polar surface area (TPSA) is 96.6 Å². The maximum atomic E-state index is 11.4. The van der Waals surface area contributed by atoms with E-state index in [1.165, 1.54) is 19.2 Å². The zero-order chi connectivity index (χ0) is 11.4. The Balaban J connectivity index is 2.74. The summed E-state index contributed by atoms with van der Waals surface area (Å²) in [6.45, 7) is 0. The molecule has 1 aromatic heterocycles. The minimum atomic E-state index is -1.65. The third-order valence-electron chi connectivity index (χ3n) is 1.56. The molecule has 1 amide bonds. The van der Waals surface area contributed by atoms with Gasteiger partial charge in [0.25, 0.3) is 0 Å². The number of carbonyl (C=O) groups is 2. The lowest BCUT2D eigenvalue weighted by atomic mass is 10.5. The predicted molar refractivity (Wildman–Crippen MR) is 51.0 cm³/mol. The molecule has 1 atom stereocenters. The minimum Gasteiger partial charge on any atom is -0.475 e. The van der Waals surface area contributed by atoms with E-state index in [-0.39, 0.29) is 16.6 Å². The molecule has 0 bridgehead atoms. The van der Waals surface area contributed by atoms with Crippen LogP contribution in [0.2, 0.25) is 0 Å². The highest BCUT2D eigenvalue weighted by atomic mass is 32.2. The average molecular weight is 231 g/mol. The van der Waals surface area contributed by atoms with Crippen LogP contribution < -0.4 is 5.32 Å². The molecule has 0 radical (unpaired) electrons. The second-order valence-electron chi connectivity index (χ2n) is 2.59. The number of carboxylic acids is 1. The average Bonchev–Trinajstić information content (AvgIpc) is 2.66. The minimum absolute atomic E-state index is 0.0176. The summed E-state index contributed by atoms with van der Waals surface area (Å²) in [5, 5.41) is 10.8. The zero-order valence-corrected chi connectivity index (χ0v) is 8.67. The van der Waals surface area contributed by atoms with E-state index in [0.29, 0.717) is 0 Å². The molecule has 0 aliphatic heterocycles. The summed E-state index contributed by atoms with van der Waals surface area (Å²) in [5.74, 6) is -2.18. The van der Waals surface area contributed by atoms with Gasteiger partial charge in [-0.25, -0.2) is 4.79 Å². The Labute approximate surface area is 87.7 Å². The molecule has 15 heavy (non-hydrogen) atoms. The number of hydrogen-bond donors (Lipinski definition) is 2. The molecule has 1 heterocycles. The third-order valence-corrected chi connectivity index (χ3v) is 2.75. The molecule has 0 aromatic carbocycles. The summed E-state index contributed by atoms with van der Waals surface area (Å²) in [4.78, 5) is 21.3. The molecule has 0 spiro atoms. The molecule has 2 N–H and O–H groups in total. The van der Waals surface area contributed by atoms with Crippen LogP contribution in [0.1, 0.15) is 10.6 Å². The fourth-order valence-corrected chi connectivity index (χ4v) is 1.75. The maximum absolute atomic E-state index is 11.4. The van der Waals surface area contributed by atoms with Gasteiger partial charge < -0.3 is 14.8 Å². The lowest BCUT2D eigenvalue weighted by Crippen LogP contribution is -2.24. The quantitative estimate of drug-likeness (QED) is 0.750. The zero-order valence-electron chi connectivity index (χ0n) is 7.85. The Morgan fingerprint density at radius 1 is 1.53 bits per heavy atom. The monoisotopic (exact) mass is 231 g/mol. The Morgan fingerprint density at radius 2 is 2.20 bits per heavy atom. The van der Waals surface area contributed by atoms with Crippen LogP contribution in [-0.2, 0) is 15.6 Å². The summed E-state index contributed by atoms with van der Waals surface area (Å²) < 4.78 is 16.2. The first-order valence-corrected chi connectivity index (χ1v) is 5.28.